The third-order valence-electron chi connectivity index (χ3n) is 0. The number of aliphatic carboxylic acids is 2. The molecule has 0 saturated heterocycles. The minimum absolute atomic E-state index is 0. The van der Waals surface area contributed by atoms with Gasteiger partial charge in [0.05, 0.1) is 0 Å². The summed E-state index contributed by atoms with van der Waals surface area (Å²) in [5.74, 6) is -1.67. The summed E-state index contributed by atoms with van der Waals surface area (Å²) in [5.41, 5.74) is 0. The van der Waals surface area contributed by atoms with Crippen LogP contribution in [0.25, 0.3) is 0 Å². The maximum Gasteiger partial charge on any atom is 2.00 e. The Bertz CT molecular complexity index is 87.0. The molecule has 0 spiro atoms. The van der Waals surface area contributed by atoms with E-state index in [0.29, 0.717) is 0 Å². The van der Waals surface area contributed by atoms with E-state index in [4.69, 9.17) is 19.8 Å². The molecule has 7 heteroatoms. The van der Waals surface area contributed by atoms with Crippen molar-refractivity contribution in [2.75, 3.05) is 0 Å². The molecule has 11 heavy (non-hydrogen) atoms. The molecule has 0 amide bonds. The van der Waals surface area contributed by atoms with Crippen molar-refractivity contribution < 1.29 is 31.0 Å². The fraction of sp³-hybridized carbons (Fsp3) is 0.500. The number of rotatable bonds is 0. The summed E-state index contributed by atoms with van der Waals surface area (Å²) in [4.78, 5) is 18.0. The molecule has 0 fully saturated rings. The van der Waals surface area contributed by atoms with Gasteiger partial charge in [-0.25, -0.2) is 0 Å². The van der Waals surface area contributed by atoms with Crippen molar-refractivity contribution in [3.05, 3.63) is 0 Å². The van der Waals surface area contributed by atoms with E-state index < -0.39 is 11.9 Å². The summed E-state index contributed by atoms with van der Waals surface area (Å²) in [5, 5.41) is 14.8. The first-order valence-corrected chi connectivity index (χ1v) is 1.86. The van der Waals surface area contributed by atoms with Gasteiger partial charge < -0.3 is 21.4 Å². The monoisotopic (exact) mass is 318 g/mol. The van der Waals surface area contributed by atoms with E-state index in [1.807, 2.05) is 0 Å². The maximum absolute atomic E-state index is 9.00. The Balaban J connectivity index is -0.00000000468. The fourth-order valence-electron chi connectivity index (χ4n) is 0. The first-order chi connectivity index (χ1) is 3.46. The summed E-state index contributed by atoms with van der Waals surface area (Å²) >= 11 is 0. The van der Waals surface area contributed by atoms with Crippen LogP contribution in [-0.4, -0.2) is 119 Å². The first-order valence-electron chi connectivity index (χ1n) is 1.86. The van der Waals surface area contributed by atoms with Crippen LogP contribution in [0.15, 0.2) is 0 Å². The molecule has 4 N–H and O–H groups in total. The van der Waals surface area contributed by atoms with Gasteiger partial charge in [-0.15, -0.1) is 0 Å². The largest absolute Gasteiger partial charge is 2.00 e. The molecule has 64 valence electrons. The predicted octanol–water partition coefficient (Wildman–Crippen LogP) is -0.954. The van der Waals surface area contributed by atoms with Crippen molar-refractivity contribution in [3.8, 4) is 0 Å². The van der Waals surface area contributed by atoms with Crippen LogP contribution in [0.1, 0.15) is 19.6 Å². The second-order valence-corrected chi connectivity index (χ2v) is 1.04. The molecule has 0 heterocycles. The maximum atomic E-state index is 9.00. The van der Waals surface area contributed by atoms with Crippen LogP contribution in [-0.2, 0) is 9.59 Å². The first kappa shape index (κ1) is 29.3. The number of hydrogen-bond acceptors (Lipinski definition) is 2. The van der Waals surface area contributed by atoms with Gasteiger partial charge in [-0.1, -0.05) is 0 Å². The average molecular weight is 317 g/mol. The van der Waals surface area contributed by atoms with E-state index in [-0.39, 0.29) is 102 Å². The normalized spacial score (nSPS) is 4.55. The van der Waals surface area contributed by atoms with Crippen LogP contribution in [0.5, 0.6) is 0 Å². The third-order valence-corrected chi connectivity index (χ3v) is 0. The molecule has 0 aromatic rings. The van der Waals surface area contributed by atoms with Crippen LogP contribution in [0.3, 0.4) is 0 Å². The number of hydrogen-bond donors (Lipinski definition) is 2. The fourth-order valence-corrected chi connectivity index (χ4v) is 0. The van der Waals surface area contributed by atoms with Crippen molar-refractivity contribution in [1.29, 1.82) is 0 Å². The van der Waals surface area contributed by atoms with Crippen molar-refractivity contribution in [2.45, 2.75) is 13.8 Å². The molecule has 0 aliphatic rings. The Kier molecular flexibility index (Phi) is 60.3. The molecule has 0 bridgehead atoms. The quantitative estimate of drug-likeness (QED) is 0.562. The van der Waals surface area contributed by atoms with Gasteiger partial charge in [0.25, 0.3) is 11.9 Å². The second kappa shape index (κ2) is 22.6. The second-order valence-electron chi connectivity index (χ2n) is 1.04. The van der Waals surface area contributed by atoms with E-state index in [1.54, 1.807) is 0 Å². The zero-order valence-corrected chi connectivity index (χ0v) is 13.6. The Hall–Kier alpha value is 1.86. The van der Waals surface area contributed by atoms with E-state index in [0.717, 1.165) is 13.8 Å². The van der Waals surface area contributed by atoms with Crippen molar-refractivity contribution in [1.82, 2.24) is 0 Å². The zero-order chi connectivity index (χ0) is 7.15. The summed E-state index contributed by atoms with van der Waals surface area (Å²) < 4.78 is 0. The Labute approximate surface area is 145 Å². The van der Waals surface area contributed by atoms with E-state index in [9.17, 15) is 0 Å². The van der Waals surface area contributed by atoms with Gasteiger partial charge in [0, 0.05) is 13.8 Å². The molecule has 0 aliphatic carbocycles. The van der Waals surface area contributed by atoms with Crippen LogP contribution in [0.4, 0.5) is 0 Å². The van der Waals surface area contributed by atoms with Crippen LogP contribution >= 0.6 is 0 Å². The smallest absolute Gasteiger partial charge is 1.00 e. The minimum atomic E-state index is -0.833. The predicted molar refractivity (Wildman–Crippen MR) is 46.2 cm³/mol. The Morgan fingerprint density at radius 2 is 1.00 bits per heavy atom. The summed E-state index contributed by atoms with van der Waals surface area (Å²) in [6, 6.07) is 0. The van der Waals surface area contributed by atoms with Gasteiger partial charge >= 0.3 is 91.0 Å². The Morgan fingerprint density at radius 1 is 1.00 bits per heavy atom. The van der Waals surface area contributed by atoms with E-state index in [2.05, 4.69) is 0 Å². The molecule has 0 aliphatic heterocycles. The van der Waals surface area contributed by atoms with Gasteiger partial charge in [0.1, 0.15) is 0 Å². The molecule has 0 atom stereocenters. The molecule has 0 unspecified atom stereocenters. The van der Waals surface area contributed by atoms with Gasteiger partial charge in [-0.05, 0) is 0 Å². The van der Waals surface area contributed by atoms with E-state index >= 15 is 0 Å². The van der Waals surface area contributed by atoms with Crippen molar-refractivity contribution in [3.63, 3.8) is 0 Å². The molecular formula is C4H14O5Sr2. The summed E-state index contributed by atoms with van der Waals surface area (Å²) in [6.45, 7) is 2.17. The standard InChI is InChI=1S/2C2H4O2.H2O.2Sr.4H/c2*1-2(3)4;;;;;;;/h2*1H3,(H,3,4);1H2;;;;;;/q;;;2*+2;4*-1. The third kappa shape index (κ3) is 333. The van der Waals surface area contributed by atoms with Crippen LogP contribution in [0.2, 0.25) is 0 Å². The molecule has 0 saturated carbocycles. The number of carboxylic acid groups (broad SMARTS) is 2. The molecule has 0 aromatic carbocycles. The topological polar surface area (TPSA) is 106 Å². The SMILES string of the molecule is CC(=O)O.CC(=O)O.O.[H-].[H-].[H-].[H-].[Sr+2].[Sr+2]. The van der Waals surface area contributed by atoms with Crippen LogP contribution < -0.4 is 0 Å². The Morgan fingerprint density at radius 3 is 1.00 bits per heavy atom. The average Bonchev–Trinajstić information content (AvgIpc) is 1.25. The van der Waals surface area contributed by atoms with Crippen molar-refractivity contribution in [2.24, 2.45) is 0 Å². The molecule has 0 rings (SSSR count). The molecule has 0 aromatic heterocycles. The van der Waals surface area contributed by atoms with Crippen molar-refractivity contribution >= 4 is 103 Å². The summed E-state index contributed by atoms with van der Waals surface area (Å²) in [7, 11) is 0. The van der Waals surface area contributed by atoms with Gasteiger partial charge in [0.2, 0.25) is 0 Å². The number of carbonyl (C=O) groups is 2. The van der Waals surface area contributed by atoms with Gasteiger partial charge in [-0.2, -0.15) is 0 Å². The van der Waals surface area contributed by atoms with Crippen LogP contribution in [0, 0.1) is 0 Å². The summed E-state index contributed by atoms with van der Waals surface area (Å²) in [6.07, 6.45) is 0. The number of carboxylic acids is 2. The molecular weight excluding hydrogens is 303 g/mol. The van der Waals surface area contributed by atoms with Gasteiger partial charge in [0.15, 0.2) is 0 Å². The molecule has 0 radical (unpaired) electrons. The van der Waals surface area contributed by atoms with E-state index in [1.165, 1.54) is 0 Å². The minimum Gasteiger partial charge on any atom is -1.00 e. The molecule has 5 nitrogen and oxygen atoms in total. The zero-order valence-electron chi connectivity index (χ0n) is 10.6. The van der Waals surface area contributed by atoms with Gasteiger partial charge in [-0.3, -0.25) is 9.59 Å².